The van der Waals surface area contributed by atoms with Crippen molar-refractivity contribution in [2.75, 3.05) is 13.1 Å². The largest absolute Gasteiger partial charge is 0.426 e. The number of carbonyl (C=O) groups excluding carboxylic acids is 1. The molecular weight excluding hydrogens is 346 g/mol. The van der Waals surface area contributed by atoms with E-state index in [0.717, 1.165) is 56.5 Å². The second-order valence-electron chi connectivity index (χ2n) is 8.11. The monoisotopic (exact) mass is 377 g/mol. The summed E-state index contributed by atoms with van der Waals surface area (Å²) >= 11 is 0. The predicted octanol–water partition coefficient (Wildman–Crippen LogP) is 5.70. The van der Waals surface area contributed by atoms with Gasteiger partial charge in [-0.2, -0.15) is 0 Å². The van der Waals surface area contributed by atoms with Gasteiger partial charge in [0, 0.05) is 24.6 Å². The number of carbonyl (C=O) groups is 1. The molecule has 2 aromatic carbocycles. The fourth-order valence-electron chi connectivity index (χ4n) is 4.87. The SMILES string of the molecule is CCCCCC(=O)Oc1cccc2c1-c1cccc3c1[C@@H](C2)N(CCC)CC3. The van der Waals surface area contributed by atoms with Gasteiger partial charge in [0.25, 0.3) is 0 Å². The highest BCUT2D eigenvalue weighted by molar-refractivity contribution is 5.83. The molecule has 0 radical (unpaired) electrons. The Hall–Kier alpha value is -2.13. The molecule has 1 heterocycles. The Balaban J connectivity index is 1.70. The van der Waals surface area contributed by atoms with Crippen LogP contribution in [0.2, 0.25) is 0 Å². The van der Waals surface area contributed by atoms with Gasteiger partial charge in [-0.1, -0.05) is 57.0 Å². The van der Waals surface area contributed by atoms with Crippen LogP contribution in [0.1, 0.15) is 68.7 Å². The molecule has 1 atom stereocenters. The minimum atomic E-state index is -0.110. The molecule has 3 heteroatoms. The van der Waals surface area contributed by atoms with E-state index in [1.807, 2.05) is 12.1 Å². The van der Waals surface area contributed by atoms with Crippen LogP contribution >= 0.6 is 0 Å². The molecule has 2 aliphatic rings. The second kappa shape index (κ2) is 8.48. The zero-order chi connectivity index (χ0) is 19.5. The highest BCUT2D eigenvalue weighted by Gasteiger charge is 2.35. The Morgan fingerprint density at radius 3 is 2.71 bits per heavy atom. The molecule has 0 N–H and O–H groups in total. The number of hydrogen-bond acceptors (Lipinski definition) is 3. The zero-order valence-electron chi connectivity index (χ0n) is 17.2. The van der Waals surface area contributed by atoms with Gasteiger partial charge in [0.1, 0.15) is 5.75 Å². The van der Waals surface area contributed by atoms with Crippen LogP contribution in [0.15, 0.2) is 36.4 Å². The molecule has 0 saturated carbocycles. The molecule has 1 aliphatic carbocycles. The van der Waals surface area contributed by atoms with Crippen molar-refractivity contribution in [3.8, 4) is 16.9 Å². The van der Waals surface area contributed by atoms with Crippen molar-refractivity contribution in [2.45, 2.75) is 64.8 Å². The van der Waals surface area contributed by atoms with Crippen LogP contribution in [0.3, 0.4) is 0 Å². The summed E-state index contributed by atoms with van der Waals surface area (Å²) in [6, 6.07) is 13.3. The average Bonchev–Trinajstić information content (AvgIpc) is 2.70. The van der Waals surface area contributed by atoms with E-state index in [2.05, 4.69) is 43.0 Å². The highest BCUT2D eigenvalue weighted by atomic mass is 16.5. The third-order valence-corrected chi connectivity index (χ3v) is 6.15. The molecule has 148 valence electrons. The Labute approximate surface area is 168 Å². The number of ether oxygens (including phenoxy) is 1. The fourth-order valence-corrected chi connectivity index (χ4v) is 4.87. The van der Waals surface area contributed by atoms with E-state index in [0.29, 0.717) is 12.5 Å². The summed E-state index contributed by atoms with van der Waals surface area (Å²) in [5.74, 6) is 0.625. The van der Waals surface area contributed by atoms with E-state index in [-0.39, 0.29) is 5.97 Å². The third kappa shape index (κ3) is 3.60. The van der Waals surface area contributed by atoms with Crippen LogP contribution in [0.5, 0.6) is 5.75 Å². The van der Waals surface area contributed by atoms with Crippen molar-refractivity contribution < 1.29 is 9.53 Å². The molecule has 4 rings (SSSR count). The maximum Gasteiger partial charge on any atom is 0.311 e. The van der Waals surface area contributed by atoms with Gasteiger partial charge in [0.2, 0.25) is 0 Å². The molecule has 1 aliphatic heterocycles. The van der Waals surface area contributed by atoms with Crippen LogP contribution in [-0.4, -0.2) is 24.0 Å². The van der Waals surface area contributed by atoms with Gasteiger partial charge in [-0.15, -0.1) is 0 Å². The highest BCUT2D eigenvalue weighted by Crippen LogP contribution is 2.48. The van der Waals surface area contributed by atoms with E-state index in [1.54, 1.807) is 0 Å². The first-order valence-corrected chi connectivity index (χ1v) is 10.9. The molecule has 0 saturated heterocycles. The topological polar surface area (TPSA) is 29.5 Å². The van der Waals surface area contributed by atoms with Gasteiger partial charge >= 0.3 is 5.97 Å². The van der Waals surface area contributed by atoms with E-state index in [4.69, 9.17) is 4.74 Å². The summed E-state index contributed by atoms with van der Waals surface area (Å²) in [6.07, 6.45) is 6.87. The van der Waals surface area contributed by atoms with Crippen molar-refractivity contribution in [3.63, 3.8) is 0 Å². The van der Waals surface area contributed by atoms with Crippen molar-refractivity contribution in [2.24, 2.45) is 0 Å². The first-order valence-electron chi connectivity index (χ1n) is 10.9. The van der Waals surface area contributed by atoms with Crippen LogP contribution < -0.4 is 4.74 Å². The zero-order valence-corrected chi connectivity index (χ0v) is 17.2. The quantitative estimate of drug-likeness (QED) is 0.352. The van der Waals surface area contributed by atoms with Crippen LogP contribution in [0, 0.1) is 0 Å². The summed E-state index contributed by atoms with van der Waals surface area (Å²) in [7, 11) is 0. The third-order valence-electron chi connectivity index (χ3n) is 6.15. The molecule has 0 aromatic heterocycles. The normalized spacial score (nSPS) is 17.7. The summed E-state index contributed by atoms with van der Waals surface area (Å²) in [6.45, 7) is 6.68. The Morgan fingerprint density at radius 2 is 1.89 bits per heavy atom. The average molecular weight is 378 g/mol. The van der Waals surface area contributed by atoms with Gasteiger partial charge in [0.05, 0.1) is 0 Å². The number of hydrogen-bond donors (Lipinski definition) is 0. The van der Waals surface area contributed by atoms with Gasteiger partial charge in [-0.3, -0.25) is 9.69 Å². The number of unbranched alkanes of at least 4 members (excludes halogenated alkanes) is 2. The first kappa shape index (κ1) is 19.2. The Kier molecular flexibility index (Phi) is 5.82. The maximum absolute atomic E-state index is 12.4. The molecule has 28 heavy (non-hydrogen) atoms. The second-order valence-corrected chi connectivity index (χ2v) is 8.11. The first-order chi connectivity index (χ1) is 13.7. The molecule has 0 unspecified atom stereocenters. The van der Waals surface area contributed by atoms with Crippen molar-refractivity contribution in [1.29, 1.82) is 0 Å². The number of esters is 1. The maximum atomic E-state index is 12.4. The van der Waals surface area contributed by atoms with Gasteiger partial charge in [0.15, 0.2) is 0 Å². The summed E-state index contributed by atoms with van der Waals surface area (Å²) in [5, 5.41) is 0. The van der Waals surface area contributed by atoms with E-state index in [9.17, 15) is 4.79 Å². The summed E-state index contributed by atoms with van der Waals surface area (Å²) in [5.41, 5.74) is 6.63. The summed E-state index contributed by atoms with van der Waals surface area (Å²) < 4.78 is 5.86. The molecular formula is C25H31NO2. The molecule has 0 bridgehead atoms. The number of rotatable bonds is 7. The lowest BCUT2D eigenvalue weighted by atomic mass is 9.77. The van der Waals surface area contributed by atoms with Crippen molar-refractivity contribution in [3.05, 3.63) is 53.1 Å². The lowest BCUT2D eigenvalue weighted by molar-refractivity contribution is -0.134. The van der Waals surface area contributed by atoms with E-state index >= 15 is 0 Å². The minimum absolute atomic E-state index is 0.110. The van der Waals surface area contributed by atoms with Gasteiger partial charge in [-0.25, -0.2) is 0 Å². The molecule has 2 aromatic rings. The molecule has 3 nitrogen and oxygen atoms in total. The fraction of sp³-hybridized carbons (Fsp3) is 0.480. The van der Waals surface area contributed by atoms with Crippen LogP contribution in [-0.2, 0) is 17.6 Å². The van der Waals surface area contributed by atoms with Gasteiger partial charge in [-0.05, 0) is 60.5 Å². The lowest BCUT2D eigenvalue weighted by Gasteiger charge is -2.41. The molecule has 0 spiro atoms. The van der Waals surface area contributed by atoms with Crippen molar-refractivity contribution in [1.82, 2.24) is 4.90 Å². The van der Waals surface area contributed by atoms with Crippen LogP contribution in [0.25, 0.3) is 11.1 Å². The predicted molar refractivity (Wildman–Crippen MR) is 114 cm³/mol. The number of nitrogens with zero attached hydrogens (tertiary/aromatic N) is 1. The Bertz CT molecular complexity index is 858. The van der Waals surface area contributed by atoms with Crippen LogP contribution in [0.4, 0.5) is 0 Å². The smallest absolute Gasteiger partial charge is 0.311 e. The summed E-state index contributed by atoms with van der Waals surface area (Å²) in [4.78, 5) is 15.0. The van der Waals surface area contributed by atoms with E-state index < -0.39 is 0 Å². The molecule has 0 fully saturated rings. The number of benzene rings is 2. The Morgan fingerprint density at radius 1 is 1.07 bits per heavy atom. The van der Waals surface area contributed by atoms with Crippen molar-refractivity contribution >= 4 is 5.97 Å². The van der Waals surface area contributed by atoms with E-state index in [1.165, 1.54) is 28.7 Å². The minimum Gasteiger partial charge on any atom is -0.426 e. The molecule has 0 amide bonds. The number of fused-ring (bicyclic) bond motifs is 2. The van der Waals surface area contributed by atoms with Gasteiger partial charge < -0.3 is 4.74 Å². The standard InChI is InChI=1S/C25H31NO2/c1-3-5-6-13-23(27)28-22-12-8-10-19-17-21-24-18(14-16-26(21)15-4-2)9-7-11-20(24)25(19)22/h7-12,21H,3-6,13-17H2,1-2H3/t21-/m1/s1. The lowest BCUT2D eigenvalue weighted by Crippen LogP contribution is -2.38.